The Hall–Kier alpha value is -3.59. The fraction of sp³-hybridized carbons (Fsp3) is 0.148. The van der Waals surface area contributed by atoms with Gasteiger partial charge in [-0.25, -0.2) is 4.58 Å². The molecule has 30 heavy (non-hydrogen) atoms. The zero-order chi connectivity index (χ0) is 21.1. The fourth-order valence-electron chi connectivity index (χ4n) is 3.71. The van der Waals surface area contributed by atoms with Gasteiger partial charge >= 0.3 is 0 Å². The molecule has 0 atom stereocenters. The average Bonchev–Trinajstić information content (AvgIpc) is 2.79. The summed E-state index contributed by atoms with van der Waals surface area (Å²) in [5.74, 6) is 1.70. The molecular formula is C27H27N2O+. The molecule has 0 saturated carbocycles. The van der Waals surface area contributed by atoms with Gasteiger partial charge in [0.15, 0.2) is 0 Å². The van der Waals surface area contributed by atoms with Gasteiger partial charge in [0, 0.05) is 31.4 Å². The number of ether oxygens (including phenoxy) is 1. The number of rotatable bonds is 3. The van der Waals surface area contributed by atoms with E-state index in [0.29, 0.717) is 0 Å². The SMILES string of the molecule is CN(C)c1ccccc1C1=CC(c2ccccc2)=CC(=C2C=CC=CC2=[N+](C)C)O1. The van der Waals surface area contributed by atoms with Crippen LogP contribution in [-0.4, -0.2) is 38.5 Å². The lowest BCUT2D eigenvalue weighted by Crippen LogP contribution is -2.17. The molecule has 2 aromatic carbocycles. The standard InChI is InChI=1S/C27H27N2O/c1-28(2)24-16-10-8-14-22(24)26-18-21(20-12-6-5-7-13-20)19-27(30-26)23-15-9-11-17-25(23)29(3)4/h5-19H,1-4H3/q+1. The minimum Gasteiger partial charge on any atom is -0.456 e. The normalized spacial score (nSPS) is 17.9. The summed E-state index contributed by atoms with van der Waals surface area (Å²) in [6.07, 6.45) is 12.6. The first-order valence-electron chi connectivity index (χ1n) is 10.1. The van der Waals surface area contributed by atoms with Crippen LogP contribution >= 0.6 is 0 Å². The first-order valence-corrected chi connectivity index (χ1v) is 10.1. The Labute approximate surface area is 178 Å². The molecule has 0 N–H and O–H groups in total. The Bertz CT molecular complexity index is 1140. The number of benzene rings is 2. The van der Waals surface area contributed by atoms with E-state index in [-0.39, 0.29) is 0 Å². The molecule has 0 saturated heterocycles. The fourth-order valence-corrected chi connectivity index (χ4v) is 3.71. The zero-order valence-electron chi connectivity index (χ0n) is 18.0. The monoisotopic (exact) mass is 395 g/mol. The summed E-state index contributed by atoms with van der Waals surface area (Å²) in [5, 5.41) is 0. The van der Waals surface area contributed by atoms with Crippen LogP contribution in [-0.2, 0) is 4.74 Å². The maximum atomic E-state index is 6.54. The Balaban J connectivity index is 1.92. The van der Waals surface area contributed by atoms with E-state index in [1.807, 2.05) is 6.07 Å². The van der Waals surface area contributed by atoms with E-state index in [9.17, 15) is 0 Å². The van der Waals surface area contributed by atoms with Gasteiger partial charge in [0.25, 0.3) is 0 Å². The third kappa shape index (κ3) is 3.92. The van der Waals surface area contributed by atoms with E-state index in [1.165, 1.54) is 5.56 Å². The van der Waals surface area contributed by atoms with Crippen LogP contribution in [0.2, 0.25) is 0 Å². The lowest BCUT2D eigenvalue weighted by molar-refractivity contribution is -0.463. The Kier molecular flexibility index (Phi) is 5.53. The summed E-state index contributed by atoms with van der Waals surface area (Å²) < 4.78 is 8.66. The predicted octanol–water partition coefficient (Wildman–Crippen LogP) is 5.30. The second-order valence-electron chi connectivity index (χ2n) is 7.76. The number of anilines is 1. The van der Waals surface area contributed by atoms with Crippen molar-refractivity contribution in [3.8, 4) is 0 Å². The van der Waals surface area contributed by atoms with Gasteiger partial charge in [0.2, 0.25) is 5.71 Å². The van der Waals surface area contributed by atoms with Gasteiger partial charge in [-0.3, -0.25) is 0 Å². The molecule has 3 nitrogen and oxygen atoms in total. The van der Waals surface area contributed by atoms with Gasteiger partial charge in [-0.2, -0.15) is 0 Å². The molecule has 4 rings (SSSR count). The van der Waals surface area contributed by atoms with Crippen LogP contribution in [0.5, 0.6) is 0 Å². The zero-order valence-corrected chi connectivity index (χ0v) is 18.0. The maximum Gasteiger partial charge on any atom is 0.210 e. The molecule has 0 radical (unpaired) electrons. The first kappa shape index (κ1) is 19.7. The molecule has 150 valence electrons. The van der Waals surface area contributed by atoms with Gasteiger partial charge in [-0.15, -0.1) is 0 Å². The van der Waals surface area contributed by atoms with Crippen molar-refractivity contribution in [2.75, 3.05) is 33.1 Å². The summed E-state index contributed by atoms with van der Waals surface area (Å²) >= 11 is 0. The van der Waals surface area contributed by atoms with Crippen LogP contribution < -0.4 is 4.90 Å². The molecule has 1 aliphatic carbocycles. The van der Waals surface area contributed by atoms with Crippen LogP contribution in [0, 0.1) is 0 Å². The van der Waals surface area contributed by atoms with Crippen LogP contribution in [0.4, 0.5) is 5.69 Å². The molecule has 0 spiro atoms. The highest BCUT2D eigenvalue weighted by Gasteiger charge is 2.23. The van der Waals surface area contributed by atoms with Crippen molar-refractivity contribution in [2.45, 2.75) is 0 Å². The molecule has 0 bridgehead atoms. The lowest BCUT2D eigenvalue weighted by Gasteiger charge is -2.24. The number of para-hydroxylation sites is 1. The van der Waals surface area contributed by atoms with Gasteiger partial charge in [0.05, 0.1) is 5.57 Å². The second kappa shape index (κ2) is 8.42. The van der Waals surface area contributed by atoms with E-state index >= 15 is 0 Å². The third-order valence-corrected chi connectivity index (χ3v) is 5.20. The number of hydrogen-bond acceptors (Lipinski definition) is 2. The van der Waals surface area contributed by atoms with Crippen molar-refractivity contribution < 1.29 is 9.31 Å². The van der Waals surface area contributed by atoms with Gasteiger partial charge in [0.1, 0.15) is 25.6 Å². The summed E-state index contributed by atoms with van der Waals surface area (Å²) in [6.45, 7) is 0. The molecule has 3 heteroatoms. The van der Waals surface area contributed by atoms with Crippen molar-refractivity contribution >= 4 is 22.7 Å². The highest BCUT2D eigenvalue weighted by Crippen LogP contribution is 2.37. The second-order valence-corrected chi connectivity index (χ2v) is 7.76. The summed E-state index contributed by atoms with van der Waals surface area (Å²) in [7, 11) is 8.23. The largest absolute Gasteiger partial charge is 0.456 e. The first-order chi connectivity index (χ1) is 14.5. The molecule has 1 heterocycles. The van der Waals surface area contributed by atoms with Crippen LogP contribution in [0.15, 0.2) is 102 Å². The lowest BCUT2D eigenvalue weighted by atomic mass is 9.96. The maximum absolute atomic E-state index is 6.54. The number of nitrogens with zero attached hydrogens (tertiary/aromatic N) is 2. The Morgan fingerprint density at radius 1 is 0.800 bits per heavy atom. The minimum atomic E-state index is 0.851. The van der Waals surface area contributed by atoms with Crippen molar-refractivity contribution in [2.24, 2.45) is 0 Å². The number of allylic oxidation sites excluding steroid dienone is 8. The van der Waals surface area contributed by atoms with Crippen molar-refractivity contribution in [1.29, 1.82) is 0 Å². The number of hydrogen-bond donors (Lipinski definition) is 0. The topological polar surface area (TPSA) is 15.5 Å². The molecular weight excluding hydrogens is 368 g/mol. The molecule has 1 aliphatic heterocycles. The van der Waals surface area contributed by atoms with Crippen LogP contribution in [0.25, 0.3) is 11.3 Å². The van der Waals surface area contributed by atoms with E-state index < -0.39 is 0 Å². The van der Waals surface area contributed by atoms with E-state index in [0.717, 1.165) is 39.6 Å². The van der Waals surface area contributed by atoms with Crippen molar-refractivity contribution in [3.05, 3.63) is 114 Å². The highest BCUT2D eigenvalue weighted by molar-refractivity contribution is 6.09. The molecule has 2 aliphatic rings. The summed E-state index contributed by atoms with van der Waals surface area (Å²) in [4.78, 5) is 2.12. The third-order valence-electron chi connectivity index (χ3n) is 5.20. The molecule has 0 amide bonds. The van der Waals surface area contributed by atoms with Gasteiger partial charge in [-0.1, -0.05) is 54.6 Å². The van der Waals surface area contributed by atoms with E-state index in [2.05, 4.69) is 123 Å². The average molecular weight is 396 g/mol. The van der Waals surface area contributed by atoms with E-state index in [4.69, 9.17) is 4.74 Å². The molecule has 2 aromatic rings. The quantitative estimate of drug-likeness (QED) is 0.655. The summed E-state index contributed by atoms with van der Waals surface area (Å²) in [6, 6.07) is 18.8. The summed E-state index contributed by atoms with van der Waals surface area (Å²) in [5.41, 5.74) is 6.69. The smallest absolute Gasteiger partial charge is 0.210 e. The van der Waals surface area contributed by atoms with Crippen LogP contribution in [0.1, 0.15) is 11.1 Å². The molecule has 0 fully saturated rings. The molecule has 0 unspecified atom stereocenters. The van der Waals surface area contributed by atoms with Gasteiger partial charge < -0.3 is 9.64 Å². The minimum absolute atomic E-state index is 0.851. The highest BCUT2D eigenvalue weighted by atomic mass is 16.5. The molecule has 0 aromatic heterocycles. The predicted molar refractivity (Wildman–Crippen MR) is 127 cm³/mol. The van der Waals surface area contributed by atoms with Crippen molar-refractivity contribution in [3.63, 3.8) is 0 Å². The Morgan fingerprint density at radius 3 is 2.23 bits per heavy atom. The van der Waals surface area contributed by atoms with Crippen molar-refractivity contribution in [1.82, 2.24) is 0 Å². The van der Waals surface area contributed by atoms with E-state index in [1.54, 1.807) is 0 Å². The van der Waals surface area contributed by atoms with Crippen LogP contribution in [0.3, 0.4) is 0 Å². The Morgan fingerprint density at radius 2 is 1.50 bits per heavy atom. The van der Waals surface area contributed by atoms with Gasteiger partial charge in [-0.05, 0) is 41.5 Å².